The Hall–Kier alpha value is -2.68. The SMILES string of the molecule is CN(CCC(Oc1ccc(S(=O)(=O)c2ccsc2)cc1)c1ccccc1)CC(=O)O. The normalized spacial score (nSPS) is 12.6. The molecule has 8 heteroatoms. The lowest BCUT2D eigenvalue weighted by Gasteiger charge is -2.22. The lowest BCUT2D eigenvalue weighted by atomic mass is 10.1. The predicted molar refractivity (Wildman–Crippen MR) is 116 cm³/mol. The van der Waals surface area contributed by atoms with Crippen LogP contribution in [0.4, 0.5) is 0 Å². The number of thiophene rings is 1. The number of sulfone groups is 1. The maximum atomic E-state index is 12.6. The van der Waals surface area contributed by atoms with Crippen LogP contribution in [-0.4, -0.2) is 44.5 Å². The van der Waals surface area contributed by atoms with Gasteiger partial charge in [-0.3, -0.25) is 9.69 Å². The number of ether oxygens (including phenoxy) is 1. The van der Waals surface area contributed by atoms with Gasteiger partial charge in [0, 0.05) is 18.3 Å². The summed E-state index contributed by atoms with van der Waals surface area (Å²) < 4.78 is 31.4. The second kappa shape index (κ2) is 9.88. The van der Waals surface area contributed by atoms with Gasteiger partial charge in [-0.2, -0.15) is 11.3 Å². The van der Waals surface area contributed by atoms with Crippen molar-refractivity contribution in [2.45, 2.75) is 22.3 Å². The summed E-state index contributed by atoms with van der Waals surface area (Å²) in [5.41, 5.74) is 0.969. The molecule has 3 aromatic rings. The Balaban J connectivity index is 1.75. The Morgan fingerprint density at radius 1 is 1.07 bits per heavy atom. The van der Waals surface area contributed by atoms with Crippen molar-refractivity contribution in [3.8, 4) is 5.75 Å². The van der Waals surface area contributed by atoms with E-state index in [0.717, 1.165) is 5.56 Å². The van der Waals surface area contributed by atoms with Crippen molar-refractivity contribution in [2.24, 2.45) is 0 Å². The van der Waals surface area contributed by atoms with Crippen LogP contribution < -0.4 is 4.74 Å². The molecule has 0 bridgehead atoms. The Morgan fingerprint density at radius 3 is 2.37 bits per heavy atom. The van der Waals surface area contributed by atoms with Gasteiger partial charge in [-0.1, -0.05) is 30.3 Å². The molecule has 1 aromatic heterocycles. The average Bonchev–Trinajstić information content (AvgIpc) is 3.27. The fraction of sp³-hybridized carbons (Fsp3) is 0.227. The van der Waals surface area contributed by atoms with E-state index < -0.39 is 15.8 Å². The molecule has 6 nitrogen and oxygen atoms in total. The highest BCUT2D eigenvalue weighted by atomic mass is 32.2. The molecule has 0 aliphatic rings. The molecule has 0 amide bonds. The van der Waals surface area contributed by atoms with Crippen LogP contribution in [0.15, 0.2) is 81.2 Å². The quantitative estimate of drug-likeness (QED) is 0.506. The maximum absolute atomic E-state index is 12.6. The molecule has 0 aliphatic carbocycles. The number of rotatable bonds is 10. The van der Waals surface area contributed by atoms with Crippen molar-refractivity contribution in [2.75, 3.05) is 20.1 Å². The first-order valence-corrected chi connectivity index (χ1v) is 11.8. The number of hydrogen-bond donors (Lipinski definition) is 1. The molecule has 1 unspecified atom stereocenters. The molecule has 0 radical (unpaired) electrons. The number of carbonyl (C=O) groups is 1. The minimum atomic E-state index is -3.53. The lowest BCUT2D eigenvalue weighted by molar-refractivity contribution is -0.138. The van der Waals surface area contributed by atoms with Crippen molar-refractivity contribution in [3.63, 3.8) is 0 Å². The van der Waals surface area contributed by atoms with Crippen LogP contribution >= 0.6 is 11.3 Å². The first-order valence-electron chi connectivity index (χ1n) is 9.35. The van der Waals surface area contributed by atoms with Crippen LogP contribution in [0.25, 0.3) is 0 Å². The largest absolute Gasteiger partial charge is 0.486 e. The molecule has 1 atom stereocenters. The van der Waals surface area contributed by atoms with Crippen molar-refractivity contribution in [3.05, 3.63) is 77.0 Å². The third-order valence-electron chi connectivity index (χ3n) is 4.57. The maximum Gasteiger partial charge on any atom is 0.317 e. The van der Waals surface area contributed by atoms with Gasteiger partial charge < -0.3 is 9.84 Å². The van der Waals surface area contributed by atoms with Gasteiger partial charge in [0.2, 0.25) is 9.84 Å². The van der Waals surface area contributed by atoms with Gasteiger partial charge in [-0.05, 0) is 48.3 Å². The summed E-state index contributed by atoms with van der Waals surface area (Å²) in [5.74, 6) is -0.328. The van der Waals surface area contributed by atoms with Crippen LogP contribution in [0.2, 0.25) is 0 Å². The summed E-state index contributed by atoms with van der Waals surface area (Å²) in [6.07, 6.45) is 0.296. The molecular weight excluding hydrogens is 422 g/mol. The fourth-order valence-corrected chi connectivity index (χ4v) is 5.30. The van der Waals surface area contributed by atoms with Gasteiger partial charge in [0.25, 0.3) is 0 Å². The minimum Gasteiger partial charge on any atom is -0.486 e. The molecule has 0 saturated carbocycles. The van der Waals surface area contributed by atoms with E-state index in [2.05, 4.69) is 0 Å². The molecule has 158 valence electrons. The summed E-state index contributed by atoms with van der Waals surface area (Å²) in [6, 6.07) is 17.6. The van der Waals surface area contributed by atoms with Gasteiger partial charge >= 0.3 is 5.97 Å². The summed E-state index contributed by atoms with van der Waals surface area (Å²) in [6.45, 7) is 0.493. The molecular formula is C22H23NO5S2. The number of likely N-dealkylation sites (N-methyl/N-ethyl adjacent to an activating group) is 1. The number of hydrogen-bond acceptors (Lipinski definition) is 6. The Kier molecular flexibility index (Phi) is 7.25. The summed E-state index contributed by atoms with van der Waals surface area (Å²) in [5, 5.41) is 12.3. The van der Waals surface area contributed by atoms with E-state index in [1.54, 1.807) is 53.0 Å². The Labute approximate surface area is 180 Å². The lowest BCUT2D eigenvalue weighted by Crippen LogP contribution is -2.28. The molecule has 1 N–H and O–H groups in total. The average molecular weight is 446 g/mol. The topological polar surface area (TPSA) is 83.9 Å². The van der Waals surface area contributed by atoms with Crippen LogP contribution in [0, 0.1) is 0 Å². The van der Waals surface area contributed by atoms with E-state index in [1.807, 2.05) is 30.3 Å². The van der Waals surface area contributed by atoms with Crippen LogP contribution in [0.1, 0.15) is 18.1 Å². The highest BCUT2D eigenvalue weighted by molar-refractivity contribution is 7.91. The fourth-order valence-electron chi connectivity index (χ4n) is 3.01. The molecule has 0 aliphatic heterocycles. The van der Waals surface area contributed by atoms with Crippen LogP contribution in [0.3, 0.4) is 0 Å². The second-order valence-electron chi connectivity index (χ2n) is 6.87. The molecule has 2 aromatic carbocycles. The molecule has 3 rings (SSSR count). The Bertz CT molecular complexity index is 1050. The molecule has 0 spiro atoms. The highest BCUT2D eigenvalue weighted by Gasteiger charge is 2.19. The van der Waals surface area contributed by atoms with E-state index in [9.17, 15) is 13.2 Å². The minimum absolute atomic E-state index is 0.0450. The van der Waals surface area contributed by atoms with Crippen molar-refractivity contribution in [1.29, 1.82) is 0 Å². The van der Waals surface area contributed by atoms with E-state index >= 15 is 0 Å². The van der Waals surface area contributed by atoms with E-state index in [1.165, 1.54) is 11.3 Å². The molecule has 1 heterocycles. The van der Waals surface area contributed by atoms with E-state index in [4.69, 9.17) is 9.84 Å². The number of carboxylic acids is 1. The van der Waals surface area contributed by atoms with E-state index in [-0.39, 0.29) is 22.4 Å². The van der Waals surface area contributed by atoms with Crippen molar-refractivity contribution < 1.29 is 23.1 Å². The number of carboxylic acid groups (broad SMARTS) is 1. The monoisotopic (exact) mass is 445 g/mol. The standard InChI is InChI=1S/C22H23NO5S2/c1-23(15-22(24)25)13-11-21(17-5-3-2-4-6-17)28-18-7-9-19(10-8-18)30(26,27)20-12-14-29-16-20/h2-10,12,14,16,21H,11,13,15H2,1H3,(H,24,25). The third kappa shape index (κ3) is 5.69. The van der Waals surface area contributed by atoms with E-state index in [0.29, 0.717) is 18.7 Å². The summed E-state index contributed by atoms with van der Waals surface area (Å²) in [7, 11) is -1.78. The van der Waals surface area contributed by atoms with Crippen LogP contribution in [0.5, 0.6) is 5.75 Å². The Morgan fingerprint density at radius 2 is 1.77 bits per heavy atom. The summed E-state index contributed by atoms with van der Waals surface area (Å²) in [4.78, 5) is 13.1. The number of benzene rings is 2. The number of nitrogens with zero attached hydrogens (tertiary/aromatic N) is 1. The number of aliphatic carboxylic acids is 1. The van der Waals surface area contributed by atoms with Crippen molar-refractivity contribution >= 4 is 27.1 Å². The van der Waals surface area contributed by atoms with Gasteiger partial charge in [0.15, 0.2) is 0 Å². The van der Waals surface area contributed by atoms with Gasteiger partial charge in [0.1, 0.15) is 11.9 Å². The zero-order chi connectivity index (χ0) is 21.6. The van der Waals surface area contributed by atoms with Gasteiger partial charge in [0.05, 0.1) is 16.3 Å². The molecule has 0 fully saturated rings. The van der Waals surface area contributed by atoms with Gasteiger partial charge in [-0.15, -0.1) is 0 Å². The van der Waals surface area contributed by atoms with Gasteiger partial charge in [-0.25, -0.2) is 8.42 Å². The zero-order valence-electron chi connectivity index (χ0n) is 16.5. The third-order valence-corrected chi connectivity index (χ3v) is 7.17. The van der Waals surface area contributed by atoms with Crippen molar-refractivity contribution in [1.82, 2.24) is 4.90 Å². The first kappa shape index (κ1) is 22.0. The second-order valence-corrected chi connectivity index (χ2v) is 9.60. The first-order chi connectivity index (χ1) is 14.4. The highest BCUT2D eigenvalue weighted by Crippen LogP contribution is 2.28. The zero-order valence-corrected chi connectivity index (χ0v) is 18.1. The predicted octanol–water partition coefficient (Wildman–Crippen LogP) is 4.11. The molecule has 0 saturated heterocycles. The summed E-state index contributed by atoms with van der Waals surface area (Å²) >= 11 is 1.34. The van der Waals surface area contributed by atoms with Crippen LogP contribution in [-0.2, 0) is 14.6 Å². The molecule has 30 heavy (non-hydrogen) atoms. The smallest absolute Gasteiger partial charge is 0.317 e.